The van der Waals surface area contributed by atoms with Crippen molar-refractivity contribution in [1.29, 1.82) is 0 Å². The van der Waals surface area contributed by atoms with Crippen LogP contribution in [0.4, 0.5) is 0 Å². The Morgan fingerprint density at radius 2 is 1.44 bits per heavy atom. The highest BCUT2D eigenvalue weighted by atomic mass is 16.8. The van der Waals surface area contributed by atoms with Gasteiger partial charge in [0.25, 0.3) is 0 Å². The van der Waals surface area contributed by atoms with Crippen LogP contribution in [0.2, 0.25) is 0 Å². The first-order valence-corrected chi connectivity index (χ1v) is 8.94. The first-order valence-electron chi connectivity index (χ1n) is 8.94. The standard InChI is InChI=1S/C23H20O4/c24-22-21(26-23(27-22)19-9-5-2-6-10-19)15-17-11-13-20(14-12-17)25-16-18-7-3-1-4-8-18/h1-14,21,23H,15-16H2/t21-,23+/m0/s1. The molecule has 0 amide bonds. The summed E-state index contributed by atoms with van der Waals surface area (Å²) in [6.07, 6.45) is -0.746. The topological polar surface area (TPSA) is 44.8 Å². The van der Waals surface area contributed by atoms with Crippen molar-refractivity contribution >= 4 is 5.97 Å². The number of carbonyl (C=O) groups excluding carboxylic acids is 1. The van der Waals surface area contributed by atoms with Crippen LogP contribution in [0.3, 0.4) is 0 Å². The largest absolute Gasteiger partial charge is 0.489 e. The summed E-state index contributed by atoms with van der Waals surface area (Å²) in [6, 6.07) is 27.2. The Labute approximate surface area is 158 Å². The second kappa shape index (κ2) is 8.06. The van der Waals surface area contributed by atoms with Gasteiger partial charge in [0.15, 0.2) is 6.10 Å². The van der Waals surface area contributed by atoms with E-state index < -0.39 is 12.4 Å². The number of cyclic esters (lactones) is 1. The molecule has 27 heavy (non-hydrogen) atoms. The van der Waals surface area contributed by atoms with E-state index >= 15 is 0 Å². The summed E-state index contributed by atoms with van der Waals surface area (Å²) in [5, 5.41) is 0. The maximum atomic E-state index is 12.1. The molecule has 4 nitrogen and oxygen atoms in total. The Bertz CT molecular complexity index is 875. The first kappa shape index (κ1) is 17.3. The van der Waals surface area contributed by atoms with Crippen molar-refractivity contribution in [3.05, 3.63) is 102 Å². The lowest BCUT2D eigenvalue weighted by atomic mass is 10.1. The van der Waals surface area contributed by atoms with Gasteiger partial charge in [-0.05, 0) is 23.3 Å². The Kier molecular flexibility index (Phi) is 5.17. The lowest BCUT2D eigenvalue weighted by molar-refractivity contribution is -0.144. The smallest absolute Gasteiger partial charge is 0.338 e. The van der Waals surface area contributed by atoms with Gasteiger partial charge in [0.2, 0.25) is 6.29 Å². The Balaban J connectivity index is 1.34. The summed E-state index contributed by atoms with van der Waals surface area (Å²) in [4.78, 5) is 12.1. The third-order valence-corrected chi connectivity index (χ3v) is 4.44. The Hall–Kier alpha value is -3.11. The summed E-state index contributed by atoms with van der Waals surface area (Å²) in [6.45, 7) is 0.525. The molecular formula is C23H20O4. The van der Waals surface area contributed by atoms with Crippen LogP contribution in [0, 0.1) is 0 Å². The molecule has 136 valence electrons. The molecule has 0 bridgehead atoms. The molecule has 1 heterocycles. The van der Waals surface area contributed by atoms with Gasteiger partial charge >= 0.3 is 5.97 Å². The lowest BCUT2D eigenvalue weighted by Gasteiger charge is -2.10. The zero-order chi connectivity index (χ0) is 18.5. The van der Waals surface area contributed by atoms with E-state index in [0.717, 1.165) is 22.4 Å². The van der Waals surface area contributed by atoms with Crippen molar-refractivity contribution in [3.63, 3.8) is 0 Å². The summed E-state index contributed by atoms with van der Waals surface area (Å²) < 4.78 is 16.9. The highest BCUT2D eigenvalue weighted by Gasteiger charge is 2.36. The second-order valence-corrected chi connectivity index (χ2v) is 6.43. The molecule has 0 radical (unpaired) electrons. The number of carbonyl (C=O) groups is 1. The van der Waals surface area contributed by atoms with Crippen LogP contribution in [0.15, 0.2) is 84.9 Å². The molecule has 1 aliphatic heterocycles. The Morgan fingerprint density at radius 3 is 2.15 bits per heavy atom. The average molecular weight is 360 g/mol. The fraction of sp³-hybridized carbons (Fsp3) is 0.174. The summed E-state index contributed by atoms with van der Waals surface area (Å²) in [7, 11) is 0. The fourth-order valence-electron chi connectivity index (χ4n) is 2.98. The zero-order valence-electron chi connectivity index (χ0n) is 14.8. The van der Waals surface area contributed by atoms with E-state index in [1.165, 1.54) is 0 Å². The number of rotatable bonds is 6. The number of hydrogen-bond acceptors (Lipinski definition) is 4. The molecule has 0 N–H and O–H groups in total. The number of esters is 1. The third kappa shape index (κ3) is 4.36. The summed E-state index contributed by atoms with van der Waals surface area (Å²) in [5.41, 5.74) is 2.96. The van der Waals surface area contributed by atoms with Crippen molar-refractivity contribution in [3.8, 4) is 5.75 Å². The molecular weight excluding hydrogens is 340 g/mol. The van der Waals surface area contributed by atoms with E-state index in [1.807, 2.05) is 84.9 Å². The molecule has 1 fully saturated rings. The van der Waals surface area contributed by atoms with Crippen LogP contribution in [-0.2, 0) is 27.3 Å². The minimum atomic E-state index is -0.628. The monoisotopic (exact) mass is 360 g/mol. The van der Waals surface area contributed by atoms with Gasteiger partial charge in [-0.25, -0.2) is 4.79 Å². The van der Waals surface area contributed by atoms with Crippen molar-refractivity contribution < 1.29 is 19.0 Å². The highest BCUT2D eigenvalue weighted by Crippen LogP contribution is 2.29. The van der Waals surface area contributed by atoms with E-state index in [-0.39, 0.29) is 5.97 Å². The maximum absolute atomic E-state index is 12.1. The SMILES string of the molecule is O=C1O[C@H](c2ccccc2)O[C@H]1Cc1ccc(OCc2ccccc2)cc1. The molecule has 0 unspecified atom stereocenters. The third-order valence-electron chi connectivity index (χ3n) is 4.44. The number of ether oxygens (including phenoxy) is 3. The van der Waals surface area contributed by atoms with Crippen molar-refractivity contribution in [2.45, 2.75) is 25.4 Å². The Morgan fingerprint density at radius 1 is 0.778 bits per heavy atom. The summed E-state index contributed by atoms with van der Waals surface area (Å²) in [5.74, 6) is 0.466. The minimum absolute atomic E-state index is 0.326. The van der Waals surface area contributed by atoms with Crippen LogP contribution < -0.4 is 4.74 Å². The van der Waals surface area contributed by atoms with E-state index in [1.54, 1.807) is 0 Å². The van der Waals surface area contributed by atoms with E-state index in [2.05, 4.69) is 0 Å². The molecule has 0 spiro atoms. The normalized spacial score (nSPS) is 18.9. The van der Waals surface area contributed by atoms with Crippen molar-refractivity contribution in [2.24, 2.45) is 0 Å². The predicted octanol–water partition coefficient (Wildman–Crippen LogP) is 4.45. The van der Waals surface area contributed by atoms with Crippen LogP contribution in [0.5, 0.6) is 5.75 Å². The molecule has 4 heteroatoms. The minimum Gasteiger partial charge on any atom is -0.489 e. The molecule has 3 aromatic carbocycles. The zero-order valence-corrected chi connectivity index (χ0v) is 14.8. The van der Waals surface area contributed by atoms with Gasteiger partial charge in [0, 0.05) is 12.0 Å². The second-order valence-electron chi connectivity index (χ2n) is 6.43. The number of hydrogen-bond donors (Lipinski definition) is 0. The van der Waals surface area contributed by atoms with Crippen molar-refractivity contribution in [1.82, 2.24) is 0 Å². The fourth-order valence-corrected chi connectivity index (χ4v) is 2.98. The van der Waals surface area contributed by atoms with Gasteiger partial charge in [0.1, 0.15) is 12.4 Å². The summed E-state index contributed by atoms with van der Waals surface area (Å²) >= 11 is 0. The molecule has 4 rings (SSSR count). The van der Waals surface area contributed by atoms with Gasteiger partial charge in [-0.3, -0.25) is 0 Å². The van der Waals surface area contributed by atoms with Crippen molar-refractivity contribution in [2.75, 3.05) is 0 Å². The molecule has 2 atom stereocenters. The van der Waals surface area contributed by atoms with Gasteiger partial charge in [0.05, 0.1) is 0 Å². The quantitative estimate of drug-likeness (QED) is 0.609. The van der Waals surface area contributed by atoms with E-state index in [4.69, 9.17) is 14.2 Å². The number of benzene rings is 3. The molecule has 1 aliphatic rings. The molecule has 3 aromatic rings. The van der Waals surface area contributed by atoms with Crippen LogP contribution in [0.1, 0.15) is 23.0 Å². The molecule has 0 aliphatic carbocycles. The van der Waals surface area contributed by atoms with Crippen LogP contribution >= 0.6 is 0 Å². The first-order chi connectivity index (χ1) is 13.3. The van der Waals surface area contributed by atoms with E-state index in [0.29, 0.717) is 13.0 Å². The average Bonchev–Trinajstić information content (AvgIpc) is 3.09. The molecule has 0 saturated carbocycles. The van der Waals surface area contributed by atoms with Gasteiger partial charge in [-0.15, -0.1) is 0 Å². The van der Waals surface area contributed by atoms with Gasteiger partial charge in [-0.2, -0.15) is 0 Å². The van der Waals surface area contributed by atoms with Gasteiger partial charge < -0.3 is 14.2 Å². The lowest BCUT2D eigenvalue weighted by Crippen LogP contribution is -2.18. The van der Waals surface area contributed by atoms with Gasteiger partial charge in [-0.1, -0.05) is 72.8 Å². The highest BCUT2D eigenvalue weighted by molar-refractivity contribution is 5.76. The maximum Gasteiger partial charge on any atom is 0.338 e. The van der Waals surface area contributed by atoms with Crippen LogP contribution in [0.25, 0.3) is 0 Å². The van der Waals surface area contributed by atoms with Crippen LogP contribution in [-0.4, -0.2) is 12.1 Å². The van der Waals surface area contributed by atoms with E-state index in [9.17, 15) is 4.79 Å². The molecule has 0 aromatic heterocycles. The predicted molar refractivity (Wildman–Crippen MR) is 101 cm³/mol. The molecule has 1 saturated heterocycles.